The van der Waals surface area contributed by atoms with Crippen molar-refractivity contribution in [2.24, 2.45) is 0 Å². The van der Waals surface area contributed by atoms with E-state index < -0.39 is 11.9 Å². The number of nitrogens with zero attached hydrogens (tertiary/aromatic N) is 1. The molecule has 1 amide bonds. The molecule has 2 aromatic rings. The lowest BCUT2D eigenvalue weighted by Crippen LogP contribution is -2.24. The molecule has 2 aromatic carbocycles. The van der Waals surface area contributed by atoms with Crippen LogP contribution in [0.25, 0.3) is 6.08 Å². The summed E-state index contributed by atoms with van der Waals surface area (Å²) in [6, 6.07) is 13.9. The number of nitrogens with one attached hydrogen (secondary N) is 1. The fraction of sp³-hybridized carbons (Fsp3) is 0.240. The molecule has 0 saturated carbocycles. The molecule has 1 N–H and O–H groups in total. The second kappa shape index (κ2) is 10.3. The van der Waals surface area contributed by atoms with Gasteiger partial charge >= 0.3 is 5.97 Å². The number of hydrogen-bond acceptors (Lipinski definition) is 5. The maximum Gasteiger partial charge on any atom is 0.343 e. The van der Waals surface area contributed by atoms with Gasteiger partial charge in [0.05, 0.1) is 12.7 Å². The molecule has 0 atom stereocenters. The van der Waals surface area contributed by atoms with Crippen molar-refractivity contribution in [3.8, 4) is 17.6 Å². The van der Waals surface area contributed by atoms with E-state index in [1.165, 1.54) is 19.3 Å². The van der Waals surface area contributed by atoms with E-state index in [-0.39, 0.29) is 23.3 Å². The van der Waals surface area contributed by atoms with Gasteiger partial charge in [0.25, 0.3) is 5.91 Å². The molecular formula is C25H26N2O4. The minimum Gasteiger partial charge on any atom is -0.493 e. The molecule has 0 radical (unpaired) electrons. The Morgan fingerprint density at radius 3 is 2.35 bits per heavy atom. The minimum absolute atomic E-state index is 0.0140. The highest BCUT2D eigenvalue weighted by atomic mass is 16.6. The molecule has 0 aliphatic carbocycles. The standard InChI is InChI=1S/C25H26N2O4/c1-6-13-27-23(28)19(16-26)14-17-7-12-21(22(15-17)30-5)31-24(29)18-8-10-20(11-9-18)25(2,3)4/h6-12,14-15H,1,13H2,2-5H3,(H,27,28). The van der Waals surface area contributed by atoms with Crippen molar-refractivity contribution < 1.29 is 19.1 Å². The molecule has 0 heterocycles. The van der Waals surface area contributed by atoms with Gasteiger partial charge in [-0.3, -0.25) is 4.79 Å². The number of ether oxygens (including phenoxy) is 2. The molecule has 0 fully saturated rings. The SMILES string of the molecule is C=CCNC(=O)C(C#N)=Cc1ccc(OC(=O)c2ccc(C(C)(C)C)cc2)c(OC)c1. The first-order valence-electron chi connectivity index (χ1n) is 9.71. The molecule has 0 saturated heterocycles. The normalized spacial score (nSPS) is 11.3. The van der Waals surface area contributed by atoms with Gasteiger partial charge in [-0.1, -0.05) is 45.0 Å². The number of carbonyl (C=O) groups is 2. The van der Waals surface area contributed by atoms with Crippen LogP contribution in [0.5, 0.6) is 11.5 Å². The Morgan fingerprint density at radius 1 is 1.13 bits per heavy atom. The van der Waals surface area contributed by atoms with E-state index >= 15 is 0 Å². The fourth-order valence-electron chi connectivity index (χ4n) is 2.70. The third-order valence-corrected chi connectivity index (χ3v) is 4.46. The Balaban J connectivity index is 2.22. The van der Waals surface area contributed by atoms with Crippen molar-refractivity contribution in [3.63, 3.8) is 0 Å². The summed E-state index contributed by atoms with van der Waals surface area (Å²) in [5, 5.41) is 11.8. The van der Waals surface area contributed by atoms with Crippen molar-refractivity contribution in [1.29, 1.82) is 5.26 Å². The average Bonchev–Trinajstić information content (AvgIpc) is 2.75. The molecule has 6 nitrogen and oxygen atoms in total. The van der Waals surface area contributed by atoms with Crippen LogP contribution >= 0.6 is 0 Å². The van der Waals surface area contributed by atoms with Crippen LogP contribution in [-0.4, -0.2) is 25.5 Å². The van der Waals surface area contributed by atoms with E-state index in [9.17, 15) is 14.9 Å². The van der Waals surface area contributed by atoms with Crippen LogP contribution in [0.2, 0.25) is 0 Å². The van der Waals surface area contributed by atoms with Gasteiger partial charge in [-0.2, -0.15) is 5.26 Å². The number of amides is 1. The first kappa shape index (κ1) is 23.4. The monoisotopic (exact) mass is 418 g/mol. The van der Waals surface area contributed by atoms with Crippen LogP contribution in [0.4, 0.5) is 0 Å². The third kappa shape index (κ3) is 6.31. The van der Waals surface area contributed by atoms with Gasteiger partial charge < -0.3 is 14.8 Å². The van der Waals surface area contributed by atoms with Gasteiger partial charge in [-0.25, -0.2) is 4.79 Å². The Labute approximate surface area is 182 Å². The smallest absolute Gasteiger partial charge is 0.343 e. The summed E-state index contributed by atoms with van der Waals surface area (Å²) in [7, 11) is 1.44. The Hall–Kier alpha value is -3.85. The predicted molar refractivity (Wildman–Crippen MR) is 120 cm³/mol. The first-order valence-corrected chi connectivity index (χ1v) is 9.71. The van der Waals surface area contributed by atoms with E-state index in [2.05, 4.69) is 32.7 Å². The lowest BCUT2D eigenvalue weighted by atomic mass is 9.87. The maximum absolute atomic E-state index is 12.5. The summed E-state index contributed by atoms with van der Waals surface area (Å²) in [5.41, 5.74) is 2.01. The highest BCUT2D eigenvalue weighted by Crippen LogP contribution is 2.30. The molecule has 160 valence electrons. The van der Waals surface area contributed by atoms with E-state index in [1.807, 2.05) is 18.2 Å². The molecule has 0 aromatic heterocycles. The van der Waals surface area contributed by atoms with Gasteiger partial charge in [0.15, 0.2) is 11.5 Å². The van der Waals surface area contributed by atoms with Crippen LogP contribution < -0.4 is 14.8 Å². The highest BCUT2D eigenvalue weighted by Gasteiger charge is 2.17. The van der Waals surface area contributed by atoms with Crippen molar-refractivity contribution in [1.82, 2.24) is 5.32 Å². The summed E-state index contributed by atoms with van der Waals surface area (Å²) < 4.78 is 10.8. The predicted octanol–water partition coefficient (Wildman–Crippen LogP) is 4.42. The molecule has 6 heteroatoms. The Morgan fingerprint density at radius 2 is 1.81 bits per heavy atom. The van der Waals surface area contributed by atoms with Crippen LogP contribution in [0.3, 0.4) is 0 Å². The van der Waals surface area contributed by atoms with Crippen LogP contribution in [-0.2, 0) is 10.2 Å². The van der Waals surface area contributed by atoms with E-state index in [0.29, 0.717) is 16.9 Å². The third-order valence-electron chi connectivity index (χ3n) is 4.46. The number of methoxy groups -OCH3 is 1. The van der Waals surface area contributed by atoms with Crippen molar-refractivity contribution in [2.45, 2.75) is 26.2 Å². The number of esters is 1. The van der Waals surface area contributed by atoms with Crippen molar-refractivity contribution in [3.05, 3.63) is 77.4 Å². The Kier molecular flexibility index (Phi) is 7.75. The highest BCUT2D eigenvalue weighted by molar-refractivity contribution is 6.01. The van der Waals surface area contributed by atoms with Gasteiger partial charge in [0, 0.05) is 6.54 Å². The van der Waals surface area contributed by atoms with E-state index in [1.54, 1.807) is 30.3 Å². The van der Waals surface area contributed by atoms with Crippen molar-refractivity contribution in [2.75, 3.05) is 13.7 Å². The van der Waals surface area contributed by atoms with Gasteiger partial charge in [0.1, 0.15) is 11.6 Å². The second-order valence-electron chi connectivity index (χ2n) is 7.80. The molecule has 0 bridgehead atoms. The number of benzene rings is 2. The van der Waals surface area contributed by atoms with Crippen LogP contribution in [0.15, 0.2) is 60.7 Å². The minimum atomic E-state index is -0.511. The largest absolute Gasteiger partial charge is 0.493 e. The van der Waals surface area contributed by atoms with Crippen LogP contribution in [0.1, 0.15) is 42.3 Å². The number of hydrogen-bond donors (Lipinski definition) is 1. The summed E-state index contributed by atoms with van der Waals surface area (Å²) in [6.45, 7) is 10.1. The lowest BCUT2D eigenvalue weighted by Gasteiger charge is -2.19. The average molecular weight is 418 g/mol. The summed E-state index contributed by atoms with van der Waals surface area (Å²) >= 11 is 0. The molecule has 0 aliphatic heterocycles. The first-order chi connectivity index (χ1) is 14.7. The molecular weight excluding hydrogens is 392 g/mol. The second-order valence-corrected chi connectivity index (χ2v) is 7.80. The molecule has 0 aliphatic rings. The summed E-state index contributed by atoms with van der Waals surface area (Å²) in [5.74, 6) is -0.476. The number of nitriles is 1. The summed E-state index contributed by atoms with van der Waals surface area (Å²) in [6.07, 6.45) is 2.95. The van der Waals surface area contributed by atoms with E-state index in [0.717, 1.165) is 5.56 Å². The van der Waals surface area contributed by atoms with Crippen molar-refractivity contribution >= 4 is 18.0 Å². The van der Waals surface area contributed by atoms with Gasteiger partial charge in [-0.15, -0.1) is 6.58 Å². The molecule has 31 heavy (non-hydrogen) atoms. The zero-order valence-corrected chi connectivity index (χ0v) is 18.2. The molecule has 2 rings (SSSR count). The molecule has 0 spiro atoms. The zero-order chi connectivity index (χ0) is 23.0. The molecule has 0 unspecified atom stereocenters. The lowest BCUT2D eigenvalue weighted by molar-refractivity contribution is -0.116. The number of carbonyl (C=O) groups excluding carboxylic acids is 2. The quantitative estimate of drug-likeness (QED) is 0.236. The summed E-state index contributed by atoms with van der Waals surface area (Å²) in [4.78, 5) is 24.5. The maximum atomic E-state index is 12.5. The topological polar surface area (TPSA) is 88.4 Å². The van der Waals surface area contributed by atoms with Gasteiger partial charge in [0.2, 0.25) is 0 Å². The Bertz CT molecular complexity index is 1040. The van der Waals surface area contributed by atoms with E-state index in [4.69, 9.17) is 9.47 Å². The number of rotatable bonds is 7. The van der Waals surface area contributed by atoms with Gasteiger partial charge in [-0.05, 0) is 46.9 Å². The zero-order valence-electron chi connectivity index (χ0n) is 18.2. The fourth-order valence-corrected chi connectivity index (χ4v) is 2.70. The van der Waals surface area contributed by atoms with Crippen LogP contribution in [0, 0.1) is 11.3 Å².